The van der Waals surface area contributed by atoms with Gasteiger partial charge in [-0.1, -0.05) is 50.1 Å². The van der Waals surface area contributed by atoms with Crippen molar-refractivity contribution in [1.82, 2.24) is 5.32 Å². The van der Waals surface area contributed by atoms with E-state index in [1.807, 2.05) is 0 Å². The van der Waals surface area contributed by atoms with E-state index >= 15 is 0 Å². The summed E-state index contributed by atoms with van der Waals surface area (Å²) in [6.45, 7) is 5.26. The molecule has 0 amide bonds. The van der Waals surface area contributed by atoms with Crippen molar-refractivity contribution in [3.8, 4) is 0 Å². The van der Waals surface area contributed by atoms with Gasteiger partial charge in [-0.3, -0.25) is 0 Å². The van der Waals surface area contributed by atoms with Crippen LogP contribution in [0.1, 0.15) is 64.0 Å². The van der Waals surface area contributed by atoms with Crippen molar-refractivity contribution in [3.05, 3.63) is 35.9 Å². The number of hydrogen-bond donors (Lipinski definition) is 1. The predicted molar refractivity (Wildman–Crippen MR) is 87.3 cm³/mol. The van der Waals surface area contributed by atoms with Gasteiger partial charge in [0.25, 0.3) is 0 Å². The molecule has 2 aliphatic rings. The summed E-state index contributed by atoms with van der Waals surface area (Å²) in [6.07, 6.45) is 8.22. The van der Waals surface area contributed by atoms with Crippen LogP contribution < -0.4 is 5.32 Å². The number of benzene rings is 1. The first-order valence-corrected chi connectivity index (χ1v) is 8.72. The van der Waals surface area contributed by atoms with E-state index in [-0.39, 0.29) is 0 Å². The highest BCUT2D eigenvalue weighted by atomic mass is 16.5. The minimum absolute atomic E-state index is 0.455. The molecule has 2 nitrogen and oxygen atoms in total. The van der Waals surface area contributed by atoms with E-state index in [0.717, 1.165) is 6.61 Å². The molecule has 2 aliphatic carbocycles. The summed E-state index contributed by atoms with van der Waals surface area (Å²) in [4.78, 5) is 0. The van der Waals surface area contributed by atoms with Crippen LogP contribution in [0.25, 0.3) is 0 Å². The average molecular weight is 287 g/mol. The molecule has 0 bridgehead atoms. The van der Waals surface area contributed by atoms with Crippen molar-refractivity contribution in [1.29, 1.82) is 0 Å². The highest BCUT2D eigenvalue weighted by Crippen LogP contribution is 2.57. The van der Waals surface area contributed by atoms with E-state index in [9.17, 15) is 0 Å². The lowest BCUT2D eigenvalue weighted by Gasteiger charge is -2.62. The Morgan fingerprint density at radius 3 is 2.57 bits per heavy atom. The number of nitrogens with one attached hydrogen (secondary N) is 1. The van der Waals surface area contributed by atoms with Gasteiger partial charge < -0.3 is 10.1 Å². The molecule has 21 heavy (non-hydrogen) atoms. The lowest BCUT2D eigenvalue weighted by Crippen LogP contribution is -2.67. The summed E-state index contributed by atoms with van der Waals surface area (Å²) in [5.41, 5.74) is 1.89. The Morgan fingerprint density at radius 2 is 2.00 bits per heavy atom. The van der Waals surface area contributed by atoms with Crippen LogP contribution in [0.5, 0.6) is 0 Å². The van der Waals surface area contributed by atoms with Gasteiger partial charge in [-0.25, -0.2) is 0 Å². The zero-order valence-corrected chi connectivity index (χ0v) is 13.5. The van der Waals surface area contributed by atoms with Gasteiger partial charge in [-0.2, -0.15) is 0 Å². The smallest absolute Gasteiger partial charge is 0.0661 e. The second kappa shape index (κ2) is 6.50. The van der Waals surface area contributed by atoms with E-state index in [1.165, 1.54) is 44.1 Å². The molecule has 116 valence electrons. The fourth-order valence-corrected chi connectivity index (χ4v) is 4.24. The third kappa shape index (κ3) is 2.76. The molecule has 3 unspecified atom stereocenters. The van der Waals surface area contributed by atoms with Crippen LogP contribution in [-0.4, -0.2) is 18.8 Å². The minimum Gasteiger partial charge on any atom is -0.378 e. The first-order valence-electron chi connectivity index (χ1n) is 8.72. The molecular formula is C19H29NO. The molecule has 1 N–H and O–H groups in total. The molecular weight excluding hydrogens is 258 g/mol. The van der Waals surface area contributed by atoms with Crippen LogP contribution >= 0.6 is 0 Å². The Balaban J connectivity index is 1.67. The molecule has 3 atom stereocenters. The standard InChI is InChI=1S/C19H29NO/c1-3-9-16(15-10-6-5-7-11-15)20-17-14-18(21-4-2)19(17)12-8-13-19/h5-7,10-11,16-18,20H,3-4,8-9,12-14H2,1-2H3. The van der Waals surface area contributed by atoms with Crippen LogP contribution in [0, 0.1) is 5.41 Å². The summed E-state index contributed by atoms with van der Waals surface area (Å²) < 4.78 is 5.97. The second-order valence-corrected chi connectivity index (χ2v) is 6.74. The summed E-state index contributed by atoms with van der Waals surface area (Å²) >= 11 is 0. The Morgan fingerprint density at radius 1 is 1.24 bits per heavy atom. The molecule has 2 heteroatoms. The Kier molecular flexibility index (Phi) is 4.66. The van der Waals surface area contributed by atoms with E-state index in [0.29, 0.717) is 23.6 Å². The van der Waals surface area contributed by atoms with Gasteiger partial charge in [0, 0.05) is 24.1 Å². The summed E-state index contributed by atoms with van der Waals surface area (Å²) in [7, 11) is 0. The largest absolute Gasteiger partial charge is 0.378 e. The topological polar surface area (TPSA) is 21.3 Å². The van der Waals surface area contributed by atoms with Crippen molar-refractivity contribution < 1.29 is 4.74 Å². The maximum atomic E-state index is 5.97. The molecule has 2 fully saturated rings. The van der Waals surface area contributed by atoms with Gasteiger partial charge >= 0.3 is 0 Å². The predicted octanol–water partition coefficient (Wildman–Crippen LogP) is 4.47. The lowest BCUT2D eigenvalue weighted by molar-refractivity contribution is -0.175. The zero-order chi connectivity index (χ0) is 14.7. The Hall–Kier alpha value is -0.860. The Labute approximate surface area is 129 Å². The third-order valence-electron chi connectivity index (χ3n) is 5.62. The quantitative estimate of drug-likeness (QED) is 0.799. The van der Waals surface area contributed by atoms with E-state index in [2.05, 4.69) is 49.5 Å². The highest BCUT2D eigenvalue weighted by molar-refractivity contribution is 5.21. The van der Waals surface area contributed by atoms with Gasteiger partial charge in [0.05, 0.1) is 6.10 Å². The van der Waals surface area contributed by atoms with Gasteiger partial charge in [0.15, 0.2) is 0 Å². The molecule has 0 heterocycles. The van der Waals surface area contributed by atoms with Gasteiger partial charge in [-0.05, 0) is 38.2 Å². The first-order chi connectivity index (χ1) is 10.3. The molecule has 1 spiro atoms. The molecule has 1 aromatic carbocycles. The first kappa shape index (κ1) is 15.1. The molecule has 2 saturated carbocycles. The van der Waals surface area contributed by atoms with E-state index in [1.54, 1.807) is 0 Å². The average Bonchev–Trinajstić information content (AvgIpc) is 2.44. The van der Waals surface area contributed by atoms with Crippen molar-refractivity contribution in [2.45, 2.75) is 70.6 Å². The molecule has 1 aromatic rings. The fourth-order valence-electron chi connectivity index (χ4n) is 4.24. The maximum Gasteiger partial charge on any atom is 0.0661 e. The number of rotatable bonds is 7. The van der Waals surface area contributed by atoms with E-state index < -0.39 is 0 Å². The van der Waals surface area contributed by atoms with Crippen molar-refractivity contribution in [2.75, 3.05) is 6.61 Å². The molecule has 0 saturated heterocycles. The number of ether oxygens (including phenoxy) is 1. The summed E-state index contributed by atoms with van der Waals surface area (Å²) in [6, 6.07) is 12.1. The highest BCUT2D eigenvalue weighted by Gasteiger charge is 2.58. The van der Waals surface area contributed by atoms with Crippen LogP contribution in [-0.2, 0) is 4.74 Å². The molecule has 3 rings (SSSR count). The summed E-state index contributed by atoms with van der Waals surface area (Å²) in [5.74, 6) is 0. The van der Waals surface area contributed by atoms with Crippen molar-refractivity contribution in [2.24, 2.45) is 5.41 Å². The minimum atomic E-state index is 0.455. The van der Waals surface area contributed by atoms with Crippen LogP contribution in [0.2, 0.25) is 0 Å². The fraction of sp³-hybridized carbons (Fsp3) is 0.684. The Bertz CT molecular complexity index is 440. The van der Waals surface area contributed by atoms with Gasteiger partial charge in [-0.15, -0.1) is 0 Å². The van der Waals surface area contributed by atoms with Crippen LogP contribution in [0.15, 0.2) is 30.3 Å². The van der Waals surface area contributed by atoms with Crippen molar-refractivity contribution >= 4 is 0 Å². The zero-order valence-electron chi connectivity index (χ0n) is 13.5. The summed E-state index contributed by atoms with van der Waals surface area (Å²) in [5, 5.41) is 3.97. The number of hydrogen-bond acceptors (Lipinski definition) is 2. The van der Waals surface area contributed by atoms with Gasteiger partial charge in [0.2, 0.25) is 0 Å². The van der Waals surface area contributed by atoms with Crippen LogP contribution in [0.4, 0.5) is 0 Å². The molecule has 0 aromatic heterocycles. The van der Waals surface area contributed by atoms with Crippen molar-refractivity contribution in [3.63, 3.8) is 0 Å². The lowest BCUT2D eigenvalue weighted by atomic mass is 9.51. The molecule has 0 radical (unpaired) electrons. The maximum absolute atomic E-state index is 5.97. The van der Waals surface area contributed by atoms with Gasteiger partial charge in [0.1, 0.15) is 0 Å². The molecule has 0 aliphatic heterocycles. The van der Waals surface area contributed by atoms with Crippen LogP contribution in [0.3, 0.4) is 0 Å². The monoisotopic (exact) mass is 287 g/mol. The normalized spacial score (nSPS) is 27.9. The third-order valence-corrected chi connectivity index (χ3v) is 5.62. The SMILES string of the molecule is CCCC(NC1CC(OCC)C12CCC2)c1ccccc1. The second-order valence-electron chi connectivity index (χ2n) is 6.74. The van der Waals surface area contributed by atoms with E-state index in [4.69, 9.17) is 4.74 Å².